The van der Waals surface area contributed by atoms with Crippen LogP contribution < -0.4 is 14.4 Å². The summed E-state index contributed by atoms with van der Waals surface area (Å²) in [5, 5.41) is 0. The largest absolute Gasteiger partial charge is 0.493 e. The Balaban J connectivity index is 2.01. The predicted octanol–water partition coefficient (Wildman–Crippen LogP) is 5.60. The summed E-state index contributed by atoms with van der Waals surface area (Å²) in [5.74, 6) is 3.26. The molecule has 4 nitrogen and oxygen atoms in total. The summed E-state index contributed by atoms with van der Waals surface area (Å²) in [7, 11) is 1.55. The number of anilines is 1. The summed E-state index contributed by atoms with van der Waals surface area (Å²) in [6.07, 6.45) is 9.07. The van der Waals surface area contributed by atoms with E-state index in [9.17, 15) is 4.79 Å². The van der Waals surface area contributed by atoms with Gasteiger partial charge in [0.05, 0.1) is 17.7 Å². The molecular formula is C21H16BrNO3S3. The van der Waals surface area contributed by atoms with E-state index in [1.54, 1.807) is 35.9 Å². The summed E-state index contributed by atoms with van der Waals surface area (Å²) >= 11 is 11.8. The van der Waals surface area contributed by atoms with Gasteiger partial charge < -0.3 is 9.47 Å². The molecule has 0 unspecified atom stereocenters. The Morgan fingerprint density at radius 2 is 2.17 bits per heavy atom. The number of nitrogens with zero attached hydrogens (tertiary/aromatic N) is 1. The fourth-order valence-electron chi connectivity index (χ4n) is 2.70. The van der Waals surface area contributed by atoms with E-state index >= 15 is 0 Å². The van der Waals surface area contributed by atoms with Gasteiger partial charge in [0.25, 0.3) is 5.91 Å². The molecule has 1 saturated heterocycles. The Bertz CT molecular complexity index is 1050. The Kier molecular flexibility index (Phi) is 7.30. The van der Waals surface area contributed by atoms with E-state index in [0.717, 1.165) is 15.1 Å². The zero-order chi connectivity index (χ0) is 21.0. The highest BCUT2D eigenvalue weighted by Crippen LogP contribution is 2.41. The predicted molar refractivity (Wildman–Crippen MR) is 129 cm³/mol. The highest BCUT2D eigenvalue weighted by molar-refractivity contribution is 9.10. The Labute approximate surface area is 192 Å². The third-order valence-corrected chi connectivity index (χ3v) is 6.45. The van der Waals surface area contributed by atoms with Crippen molar-refractivity contribution in [2.24, 2.45) is 0 Å². The van der Waals surface area contributed by atoms with Crippen molar-refractivity contribution in [2.45, 2.75) is 4.90 Å². The Morgan fingerprint density at radius 1 is 1.38 bits per heavy atom. The molecule has 1 heterocycles. The number of halogens is 1. The number of hydrogen-bond acceptors (Lipinski definition) is 6. The Morgan fingerprint density at radius 3 is 2.86 bits per heavy atom. The first kappa shape index (κ1) is 21.8. The van der Waals surface area contributed by atoms with Gasteiger partial charge in [-0.05, 0) is 42.7 Å². The van der Waals surface area contributed by atoms with Crippen molar-refractivity contribution in [3.05, 3.63) is 51.3 Å². The molecule has 148 valence electrons. The molecule has 0 saturated carbocycles. The van der Waals surface area contributed by atoms with Crippen LogP contribution in [0.25, 0.3) is 6.08 Å². The second kappa shape index (κ2) is 9.72. The van der Waals surface area contributed by atoms with Gasteiger partial charge in [-0.25, -0.2) is 0 Å². The maximum atomic E-state index is 13.1. The number of terminal acetylenes is 1. The van der Waals surface area contributed by atoms with Gasteiger partial charge >= 0.3 is 0 Å². The van der Waals surface area contributed by atoms with Crippen molar-refractivity contribution in [1.82, 2.24) is 0 Å². The maximum absolute atomic E-state index is 13.1. The van der Waals surface area contributed by atoms with Crippen LogP contribution in [0, 0.1) is 12.3 Å². The highest BCUT2D eigenvalue weighted by atomic mass is 79.9. The van der Waals surface area contributed by atoms with E-state index < -0.39 is 0 Å². The number of ether oxygens (including phenoxy) is 2. The van der Waals surface area contributed by atoms with Gasteiger partial charge in [-0.1, -0.05) is 51.9 Å². The summed E-state index contributed by atoms with van der Waals surface area (Å²) in [5.41, 5.74) is 1.42. The van der Waals surface area contributed by atoms with Gasteiger partial charge in [0, 0.05) is 14.9 Å². The van der Waals surface area contributed by atoms with Gasteiger partial charge in [-0.3, -0.25) is 9.69 Å². The van der Waals surface area contributed by atoms with E-state index in [-0.39, 0.29) is 12.5 Å². The molecule has 0 aliphatic carbocycles. The molecule has 8 heteroatoms. The van der Waals surface area contributed by atoms with Crippen LogP contribution in [0.4, 0.5) is 5.69 Å². The smallest absolute Gasteiger partial charge is 0.270 e. The number of carbonyl (C=O) groups excluding carboxylic acids is 1. The van der Waals surface area contributed by atoms with Crippen LogP contribution in [0.1, 0.15) is 5.56 Å². The SMILES string of the molecule is C#CCOc1c(/C=C2/SC(=S)N(c3cccc(SC)c3)C2=O)cc(Br)cc1OC. The lowest BCUT2D eigenvalue weighted by molar-refractivity contribution is -0.113. The maximum Gasteiger partial charge on any atom is 0.270 e. The molecule has 0 atom stereocenters. The Hall–Kier alpha value is -1.92. The first-order valence-corrected chi connectivity index (χ1v) is 11.6. The summed E-state index contributed by atoms with van der Waals surface area (Å²) in [6.45, 7) is 0.0846. The topological polar surface area (TPSA) is 38.8 Å². The molecule has 0 N–H and O–H groups in total. The number of amides is 1. The van der Waals surface area contributed by atoms with E-state index in [2.05, 4.69) is 21.9 Å². The summed E-state index contributed by atoms with van der Waals surface area (Å²) in [4.78, 5) is 16.2. The molecule has 1 fully saturated rings. The van der Waals surface area contributed by atoms with Gasteiger partial charge in [-0.2, -0.15) is 0 Å². The molecule has 1 aliphatic heterocycles. The van der Waals surface area contributed by atoms with E-state index in [1.807, 2.05) is 36.6 Å². The summed E-state index contributed by atoms with van der Waals surface area (Å²) in [6, 6.07) is 11.3. The van der Waals surface area contributed by atoms with Gasteiger partial charge in [0.1, 0.15) is 6.61 Å². The van der Waals surface area contributed by atoms with Crippen LogP contribution in [0.15, 0.2) is 50.7 Å². The number of carbonyl (C=O) groups is 1. The van der Waals surface area contributed by atoms with Gasteiger partial charge in [0.2, 0.25) is 0 Å². The first-order chi connectivity index (χ1) is 14.0. The molecule has 2 aromatic rings. The van der Waals surface area contributed by atoms with Crippen LogP contribution in [-0.4, -0.2) is 30.2 Å². The lowest BCUT2D eigenvalue weighted by Gasteiger charge is -2.15. The molecule has 0 aromatic heterocycles. The van der Waals surface area contributed by atoms with Gasteiger partial charge in [-0.15, -0.1) is 18.2 Å². The highest BCUT2D eigenvalue weighted by Gasteiger charge is 2.33. The number of hydrogen-bond donors (Lipinski definition) is 0. The quantitative estimate of drug-likeness (QED) is 0.220. The second-order valence-electron chi connectivity index (χ2n) is 5.74. The van der Waals surface area contributed by atoms with E-state index in [4.69, 9.17) is 28.1 Å². The second-order valence-corrected chi connectivity index (χ2v) is 9.21. The van der Waals surface area contributed by atoms with Crippen molar-refractivity contribution >= 4 is 73.7 Å². The number of benzene rings is 2. The van der Waals surface area contributed by atoms with Gasteiger partial charge in [0.15, 0.2) is 15.8 Å². The molecule has 3 rings (SSSR count). The minimum Gasteiger partial charge on any atom is -0.493 e. The van der Waals surface area contributed by atoms with Crippen LogP contribution in [-0.2, 0) is 4.79 Å². The third kappa shape index (κ3) is 4.81. The van der Waals surface area contributed by atoms with Crippen LogP contribution in [0.3, 0.4) is 0 Å². The van der Waals surface area contributed by atoms with Crippen LogP contribution in [0.2, 0.25) is 0 Å². The minimum absolute atomic E-state index is 0.0846. The van der Waals surface area contributed by atoms with Crippen molar-refractivity contribution in [3.8, 4) is 23.8 Å². The molecule has 0 spiro atoms. The molecule has 0 radical (unpaired) electrons. The number of rotatable bonds is 6. The lowest BCUT2D eigenvalue weighted by atomic mass is 10.1. The monoisotopic (exact) mass is 505 g/mol. The van der Waals surface area contributed by atoms with Crippen LogP contribution in [0.5, 0.6) is 11.5 Å². The zero-order valence-corrected chi connectivity index (χ0v) is 19.6. The summed E-state index contributed by atoms with van der Waals surface area (Å²) < 4.78 is 12.4. The lowest BCUT2D eigenvalue weighted by Crippen LogP contribution is -2.27. The van der Waals surface area contributed by atoms with Crippen molar-refractivity contribution < 1.29 is 14.3 Å². The number of thiocarbonyl (C=S) groups is 1. The standard InChI is InChI=1S/C21H16BrNO3S3/c1-4-8-26-19-13(9-14(22)11-17(19)25-2)10-18-20(24)23(21(27)29-18)15-6-5-7-16(12-15)28-3/h1,5-7,9-12H,8H2,2-3H3/b18-10+. The number of methoxy groups -OCH3 is 1. The average molecular weight is 506 g/mol. The number of thioether (sulfide) groups is 2. The zero-order valence-electron chi connectivity index (χ0n) is 15.6. The van der Waals surface area contributed by atoms with Crippen molar-refractivity contribution in [1.29, 1.82) is 0 Å². The minimum atomic E-state index is -0.180. The molecule has 0 bridgehead atoms. The molecule has 1 amide bonds. The molecule has 1 aliphatic rings. The van der Waals surface area contributed by atoms with Crippen molar-refractivity contribution in [2.75, 3.05) is 24.9 Å². The molecule has 29 heavy (non-hydrogen) atoms. The van der Waals surface area contributed by atoms with E-state index in [1.165, 1.54) is 11.8 Å². The van der Waals surface area contributed by atoms with E-state index in [0.29, 0.717) is 26.3 Å². The third-order valence-electron chi connectivity index (χ3n) is 3.96. The van der Waals surface area contributed by atoms with Crippen molar-refractivity contribution in [3.63, 3.8) is 0 Å². The average Bonchev–Trinajstić information content (AvgIpc) is 2.99. The molecular weight excluding hydrogens is 490 g/mol. The fourth-order valence-corrected chi connectivity index (χ4v) is 4.89. The molecule has 2 aromatic carbocycles. The first-order valence-electron chi connectivity index (χ1n) is 8.34. The van der Waals surface area contributed by atoms with Crippen LogP contribution >= 0.6 is 51.7 Å². The fraction of sp³-hybridized carbons (Fsp3) is 0.143. The normalized spacial score (nSPS) is 15.0.